The third kappa shape index (κ3) is 3.61. The van der Waals surface area contributed by atoms with Gasteiger partial charge in [0.25, 0.3) is 5.91 Å². The van der Waals surface area contributed by atoms with Gasteiger partial charge in [0.1, 0.15) is 6.54 Å². The fourth-order valence-corrected chi connectivity index (χ4v) is 2.31. The number of nitrogens with zero attached hydrogens (tertiary/aromatic N) is 1. The molecule has 0 aliphatic rings. The van der Waals surface area contributed by atoms with Gasteiger partial charge in [0.2, 0.25) is 0 Å². The summed E-state index contributed by atoms with van der Waals surface area (Å²) >= 11 is 3.29. The molecule has 0 bridgehead atoms. The molecule has 0 saturated carbocycles. The Labute approximate surface area is 130 Å². The van der Waals surface area contributed by atoms with Crippen LogP contribution < -0.4 is 10.6 Å². The van der Waals surface area contributed by atoms with Crippen LogP contribution in [0.25, 0.3) is 0 Å². The molecule has 21 heavy (non-hydrogen) atoms. The molecule has 2 aromatic rings. The number of halogens is 1. The normalized spacial score (nSPS) is 10.1. The number of amides is 1. The van der Waals surface area contributed by atoms with Crippen LogP contribution in [0.2, 0.25) is 0 Å². The van der Waals surface area contributed by atoms with E-state index in [1.807, 2.05) is 0 Å². The van der Waals surface area contributed by atoms with Crippen molar-refractivity contribution in [2.24, 2.45) is 0 Å². The smallest absolute Gasteiger partial charge is 0.323 e. The van der Waals surface area contributed by atoms with Crippen molar-refractivity contribution in [1.82, 2.24) is 0 Å². The molecule has 0 radical (unpaired) electrons. The van der Waals surface area contributed by atoms with Crippen LogP contribution in [0, 0.1) is 0 Å². The summed E-state index contributed by atoms with van der Waals surface area (Å²) in [6, 6.07) is 13.4. The van der Waals surface area contributed by atoms with Crippen LogP contribution in [0.15, 0.2) is 53.0 Å². The van der Waals surface area contributed by atoms with Crippen LogP contribution in [-0.2, 0) is 4.79 Å². The Balaban J connectivity index is 2.43. The predicted molar refractivity (Wildman–Crippen MR) is 84.3 cm³/mol. The van der Waals surface area contributed by atoms with E-state index in [-0.39, 0.29) is 0 Å². The SMILES string of the molecule is Nc1ccccc1N(CC(=O)O)C(=O)c1cccc(Br)c1. The number of hydrogen-bond donors (Lipinski definition) is 2. The molecule has 0 aliphatic heterocycles. The van der Waals surface area contributed by atoms with E-state index in [4.69, 9.17) is 10.8 Å². The number of carboxylic acids is 1. The highest BCUT2D eigenvalue weighted by Crippen LogP contribution is 2.24. The summed E-state index contributed by atoms with van der Waals surface area (Å²) in [7, 11) is 0. The number of anilines is 2. The highest BCUT2D eigenvalue weighted by atomic mass is 79.9. The number of para-hydroxylation sites is 2. The van der Waals surface area contributed by atoms with Gasteiger partial charge in [-0.3, -0.25) is 14.5 Å². The van der Waals surface area contributed by atoms with Gasteiger partial charge in [0.05, 0.1) is 11.4 Å². The number of hydrogen-bond acceptors (Lipinski definition) is 3. The van der Waals surface area contributed by atoms with Crippen LogP contribution >= 0.6 is 15.9 Å². The second-order valence-corrected chi connectivity index (χ2v) is 5.27. The van der Waals surface area contributed by atoms with Gasteiger partial charge in [0, 0.05) is 10.0 Å². The minimum atomic E-state index is -1.11. The molecule has 0 unspecified atom stereocenters. The van der Waals surface area contributed by atoms with E-state index >= 15 is 0 Å². The Morgan fingerprint density at radius 1 is 1.14 bits per heavy atom. The lowest BCUT2D eigenvalue weighted by atomic mass is 10.1. The highest BCUT2D eigenvalue weighted by Gasteiger charge is 2.22. The topological polar surface area (TPSA) is 83.6 Å². The van der Waals surface area contributed by atoms with Crippen molar-refractivity contribution in [1.29, 1.82) is 0 Å². The fourth-order valence-electron chi connectivity index (χ4n) is 1.91. The number of rotatable bonds is 4. The lowest BCUT2D eigenvalue weighted by Crippen LogP contribution is -2.36. The molecule has 0 spiro atoms. The van der Waals surface area contributed by atoms with E-state index in [1.54, 1.807) is 48.5 Å². The largest absolute Gasteiger partial charge is 0.480 e. The summed E-state index contributed by atoms with van der Waals surface area (Å²) in [4.78, 5) is 24.8. The van der Waals surface area contributed by atoms with Crippen molar-refractivity contribution < 1.29 is 14.7 Å². The molecule has 0 aliphatic carbocycles. The van der Waals surface area contributed by atoms with Gasteiger partial charge >= 0.3 is 5.97 Å². The number of nitrogens with two attached hydrogens (primary N) is 1. The Bertz CT molecular complexity index is 688. The standard InChI is InChI=1S/C15H13BrN2O3/c16-11-5-3-4-10(8-11)15(21)18(9-14(19)20)13-7-2-1-6-12(13)17/h1-8H,9,17H2,(H,19,20). The lowest BCUT2D eigenvalue weighted by molar-refractivity contribution is -0.135. The average molecular weight is 349 g/mol. The number of carboxylic acid groups (broad SMARTS) is 1. The molecular weight excluding hydrogens is 336 g/mol. The molecule has 2 rings (SSSR count). The summed E-state index contributed by atoms with van der Waals surface area (Å²) in [5, 5.41) is 9.04. The van der Waals surface area contributed by atoms with Crippen LogP contribution in [0.3, 0.4) is 0 Å². The zero-order valence-electron chi connectivity index (χ0n) is 11.0. The van der Waals surface area contributed by atoms with Crippen LogP contribution in [0.4, 0.5) is 11.4 Å². The molecule has 1 amide bonds. The van der Waals surface area contributed by atoms with Crippen LogP contribution in [0.5, 0.6) is 0 Å². The monoisotopic (exact) mass is 348 g/mol. The van der Waals surface area contributed by atoms with Gasteiger partial charge in [-0.25, -0.2) is 0 Å². The Morgan fingerprint density at radius 3 is 2.48 bits per heavy atom. The minimum absolute atomic E-state index is 0.349. The maximum Gasteiger partial charge on any atom is 0.323 e. The zero-order chi connectivity index (χ0) is 15.4. The van der Waals surface area contributed by atoms with E-state index < -0.39 is 18.4 Å². The first-order valence-electron chi connectivity index (χ1n) is 6.13. The minimum Gasteiger partial charge on any atom is -0.480 e. The summed E-state index contributed by atoms with van der Waals surface area (Å²) in [6.07, 6.45) is 0. The van der Waals surface area contributed by atoms with E-state index in [0.717, 1.165) is 9.37 Å². The van der Waals surface area contributed by atoms with Gasteiger partial charge in [-0.1, -0.05) is 34.1 Å². The lowest BCUT2D eigenvalue weighted by Gasteiger charge is -2.22. The quantitative estimate of drug-likeness (QED) is 0.832. The molecule has 5 nitrogen and oxygen atoms in total. The van der Waals surface area contributed by atoms with Crippen molar-refractivity contribution in [2.45, 2.75) is 0 Å². The number of aliphatic carboxylic acids is 1. The molecule has 6 heteroatoms. The molecular formula is C15H13BrN2O3. The van der Waals surface area contributed by atoms with Gasteiger partial charge in [-0.05, 0) is 30.3 Å². The van der Waals surface area contributed by atoms with Gasteiger partial charge in [-0.2, -0.15) is 0 Å². The first-order chi connectivity index (χ1) is 9.99. The van der Waals surface area contributed by atoms with Crippen LogP contribution in [0.1, 0.15) is 10.4 Å². The van der Waals surface area contributed by atoms with Crippen molar-refractivity contribution in [3.05, 3.63) is 58.6 Å². The number of carbonyl (C=O) groups excluding carboxylic acids is 1. The fraction of sp³-hybridized carbons (Fsp3) is 0.0667. The van der Waals surface area contributed by atoms with Crippen LogP contribution in [-0.4, -0.2) is 23.5 Å². The highest BCUT2D eigenvalue weighted by molar-refractivity contribution is 9.10. The van der Waals surface area contributed by atoms with Gasteiger partial charge < -0.3 is 10.8 Å². The van der Waals surface area contributed by atoms with E-state index in [9.17, 15) is 9.59 Å². The Morgan fingerprint density at radius 2 is 1.86 bits per heavy atom. The summed E-state index contributed by atoms with van der Waals surface area (Å²) < 4.78 is 0.740. The molecule has 0 saturated heterocycles. The summed E-state index contributed by atoms with van der Waals surface area (Å²) in [6.45, 7) is -0.459. The first-order valence-corrected chi connectivity index (χ1v) is 6.92. The van der Waals surface area contributed by atoms with Crippen molar-refractivity contribution in [2.75, 3.05) is 17.2 Å². The third-order valence-electron chi connectivity index (χ3n) is 2.84. The number of nitrogen functional groups attached to an aromatic ring is 1. The average Bonchev–Trinajstić information content (AvgIpc) is 2.45. The predicted octanol–water partition coefficient (Wildman–Crippen LogP) is 2.76. The summed E-state index contributed by atoms with van der Waals surface area (Å²) in [5.74, 6) is -1.53. The molecule has 0 atom stereocenters. The molecule has 0 heterocycles. The Kier molecular flexibility index (Phi) is 4.59. The van der Waals surface area contributed by atoms with Gasteiger partial charge in [-0.15, -0.1) is 0 Å². The number of benzene rings is 2. The second-order valence-electron chi connectivity index (χ2n) is 4.35. The van der Waals surface area contributed by atoms with Crippen molar-refractivity contribution in [3.63, 3.8) is 0 Å². The van der Waals surface area contributed by atoms with Crippen molar-refractivity contribution >= 4 is 39.2 Å². The van der Waals surface area contributed by atoms with E-state index in [2.05, 4.69) is 15.9 Å². The van der Waals surface area contributed by atoms with Crippen molar-refractivity contribution in [3.8, 4) is 0 Å². The molecule has 3 N–H and O–H groups in total. The molecule has 0 fully saturated rings. The molecule has 2 aromatic carbocycles. The van der Waals surface area contributed by atoms with E-state index in [1.165, 1.54) is 0 Å². The van der Waals surface area contributed by atoms with Gasteiger partial charge in [0.15, 0.2) is 0 Å². The maximum absolute atomic E-state index is 12.6. The summed E-state index contributed by atoms with van der Waals surface area (Å²) in [5.41, 5.74) is 6.96. The first kappa shape index (κ1) is 15.1. The molecule has 0 aromatic heterocycles. The number of carbonyl (C=O) groups is 2. The maximum atomic E-state index is 12.6. The third-order valence-corrected chi connectivity index (χ3v) is 3.33. The van der Waals surface area contributed by atoms with E-state index in [0.29, 0.717) is 16.9 Å². The Hall–Kier alpha value is -2.34. The zero-order valence-corrected chi connectivity index (χ0v) is 12.6. The molecule has 108 valence electrons. The second kappa shape index (κ2) is 6.41.